The van der Waals surface area contributed by atoms with Gasteiger partial charge in [-0.05, 0) is 24.6 Å². The van der Waals surface area contributed by atoms with Gasteiger partial charge in [0, 0.05) is 17.0 Å². The average molecular weight is 292 g/mol. The number of benzene rings is 1. The minimum absolute atomic E-state index is 0.351. The van der Waals surface area contributed by atoms with Gasteiger partial charge in [-0.15, -0.1) is 0 Å². The lowest BCUT2D eigenvalue weighted by atomic mass is 10.2. The van der Waals surface area contributed by atoms with Crippen molar-refractivity contribution in [2.45, 2.75) is 12.6 Å². The van der Waals surface area contributed by atoms with Gasteiger partial charge >= 0.3 is 0 Å². The highest BCUT2D eigenvalue weighted by molar-refractivity contribution is 6.31. The van der Waals surface area contributed by atoms with Crippen LogP contribution in [0, 0.1) is 0 Å². The monoisotopic (exact) mass is 291 g/mol. The number of nitrogens with zero attached hydrogens (tertiary/aromatic N) is 3. The van der Waals surface area contributed by atoms with Crippen LogP contribution in [0.5, 0.6) is 0 Å². The summed E-state index contributed by atoms with van der Waals surface area (Å²) in [6.45, 7) is 0.995. The van der Waals surface area contributed by atoms with Crippen molar-refractivity contribution >= 4 is 39.5 Å². The second-order valence-electron chi connectivity index (χ2n) is 4.95. The summed E-state index contributed by atoms with van der Waals surface area (Å²) in [6, 6.07) is 5.40. The Morgan fingerprint density at radius 3 is 3.05 bits per heavy atom. The summed E-state index contributed by atoms with van der Waals surface area (Å²) in [5.41, 5.74) is 2.02. The smallest absolute Gasteiger partial charge is 0.196 e. The van der Waals surface area contributed by atoms with Gasteiger partial charge in [0.1, 0.15) is 23.6 Å². The number of hydrogen-bond acceptors (Lipinski definition) is 4. The molecule has 3 aromatic rings. The molecule has 1 aromatic carbocycles. The molecule has 0 spiro atoms. The third-order valence-electron chi connectivity index (χ3n) is 3.62. The first kappa shape index (κ1) is 11.9. The predicted octanol–water partition coefficient (Wildman–Crippen LogP) is 3.58. The highest BCUT2D eigenvalue weighted by Crippen LogP contribution is 2.34. The topological polar surface area (TPSA) is 42.2 Å². The largest absolute Gasteiger partial charge is 0.450 e. The molecule has 102 valence electrons. The summed E-state index contributed by atoms with van der Waals surface area (Å²) < 4.78 is 19.2. The molecule has 1 fully saturated rings. The van der Waals surface area contributed by atoms with Gasteiger partial charge in [-0.2, -0.15) is 0 Å². The Labute approximate surface area is 119 Å². The minimum Gasteiger partial charge on any atom is -0.450 e. The van der Waals surface area contributed by atoms with E-state index in [1.165, 1.54) is 6.33 Å². The number of fused-ring (bicyclic) bond motifs is 3. The first-order valence-corrected chi connectivity index (χ1v) is 6.82. The number of halogens is 2. The lowest BCUT2D eigenvalue weighted by Gasteiger charge is -2.15. The highest BCUT2D eigenvalue weighted by Gasteiger charge is 2.26. The third kappa shape index (κ3) is 1.73. The zero-order chi connectivity index (χ0) is 13.7. The zero-order valence-electron chi connectivity index (χ0n) is 10.5. The van der Waals surface area contributed by atoms with Crippen molar-refractivity contribution in [2.24, 2.45) is 0 Å². The molecule has 2 aromatic heterocycles. The number of hydrogen-bond donors (Lipinski definition) is 0. The van der Waals surface area contributed by atoms with Gasteiger partial charge in [-0.1, -0.05) is 11.6 Å². The molecule has 0 radical (unpaired) electrons. The van der Waals surface area contributed by atoms with Crippen LogP contribution in [0.3, 0.4) is 0 Å². The fourth-order valence-electron chi connectivity index (χ4n) is 2.67. The lowest BCUT2D eigenvalue weighted by molar-refractivity contribution is 0.364. The van der Waals surface area contributed by atoms with Crippen molar-refractivity contribution in [1.82, 2.24) is 9.97 Å². The van der Waals surface area contributed by atoms with Gasteiger partial charge in [-0.3, -0.25) is 0 Å². The fraction of sp³-hybridized carbons (Fsp3) is 0.286. The standard InChI is InChI=1S/C14H11ClFN3O/c15-8-1-2-11-10(5-8)12-13(20-11)14(18-7-17-12)19-4-3-9(16)6-19/h1-2,5,7,9H,3-4,6H2. The third-order valence-corrected chi connectivity index (χ3v) is 3.86. The van der Waals surface area contributed by atoms with Crippen LogP contribution in [0.4, 0.5) is 10.2 Å². The van der Waals surface area contributed by atoms with Gasteiger partial charge in [0.05, 0.1) is 6.54 Å². The van der Waals surface area contributed by atoms with Gasteiger partial charge in [-0.25, -0.2) is 14.4 Å². The molecule has 1 aliphatic heterocycles. The van der Waals surface area contributed by atoms with E-state index in [9.17, 15) is 4.39 Å². The molecule has 0 amide bonds. The van der Waals surface area contributed by atoms with Crippen LogP contribution in [-0.2, 0) is 0 Å². The van der Waals surface area contributed by atoms with Crippen LogP contribution in [-0.4, -0.2) is 29.2 Å². The number of furan rings is 1. The van der Waals surface area contributed by atoms with E-state index in [0.29, 0.717) is 41.5 Å². The molecule has 20 heavy (non-hydrogen) atoms. The molecular formula is C14H11ClFN3O. The molecular weight excluding hydrogens is 281 g/mol. The maximum atomic E-state index is 13.4. The lowest BCUT2D eigenvalue weighted by Crippen LogP contribution is -2.21. The van der Waals surface area contributed by atoms with Gasteiger partial charge in [0.15, 0.2) is 11.4 Å². The van der Waals surface area contributed by atoms with E-state index in [4.69, 9.17) is 16.0 Å². The van der Waals surface area contributed by atoms with Crippen molar-refractivity contribution in [1.29, 1.82) is 0 Å². The van der Waals surface area contributed by atoms with E-state index in [1.54, 1.807) is 6.07 Å². The normalized spacial score (nSPS) is 19.3. The molecule has 0 bridgehead atoms. The van der Waals surface area contributed by atoms with Crippen LogP contribution in [0.2, 0.25) is 5.02 Å². The minimum atomic E-state index is -0.807. The van der Waals surface area contributed by atoms with Gasteiger partial charge < -0.3 is 9.32 Å². The molecule has 0 N–H and O–H groups in total. The zero-order valence-corrected chi connectivity index (χ0v) is 11.3. The summed E-state index contributed by atoms with van der Waals surface area (Å²) in [7, 11) is 0. The molecule has 4 rings (SSSR count). The molecule has 0 saturated carbocycles. The van der Waals surface area contributed by atoms with E-state index in [-0.39, 0.29) is 0 Å². The van der Waals surface area contributed by atoms with Crippen molar-refractivity contribution in [3.8, 4) is 0 Å². The summed E-state index contributed by atoms with van der Waals surface area (Å²) in [5, 5.41) is 1.48. The summed E-state index contributed by atoms with van der Waals surface area (Å²) in [6.07, 6.45) is 1.20. The van der Waals surface area contributed by atoms with Gasteiger partial charge in [0.2, 0.25) is 0 Å². The van der Waals surface area contributed by atoms with Crippen molar-refractivity contribution in [2.75, 3.05) is 18.0 Å². The Bertz CT molecular complexity index is 804. The Morgan fingerprint density at radius 2 is 2.25 bits per heavy atom. The molecule has 1 atom stereocenters. The second-order valence-corrected chi connectivity index (χ2v) is 5.39. The van der Waals surface area contributed by atoms with Crippen LogP contribution in [0.15, 0.2) is 28.9 Å². The Kier molecular flexibility index (Phi) is 2.57. The van der Waals surface area contributed by atoms with E-state index in [1.807, 2.05) is 17.0 Å². The molecule has 1 saturated heterocycles. The number of alkyl halides is 1. The van der Waals surface area contributed by atoms with E-state index >= 15 is 0 Å². The van der Waals surface area contributed by atoms with Gasteiger partial charge in [0.25, 0.3) is 0 Å². The molecule has 4 nitrogen and oxygen atoms in total. The first-order chi connectivity index (χ1) is 9.72. The van der Waals surface area contributed by atoms with Crippen LogP contribution < -0.4 is 4.90 Å². The van der Waals surface area contributed by atoms with Crippen LogP contribution >= 0.6 is 11.6 Å². The Morgan fingerprint density at radius 1 is 1.35 bits per heavy atom. The fourth-order valence-corrected chi connectivity index (χ4v) is 2.84. The van der Waals surface area contributed by atoms with Crippen molar-refractivity contribution in [3.05, 3.63) is 29.5 Å². The quantitative estimate of drug-likeness (QED) is 0.687. The summed E-state index contributed by atoms with van der Waals surface area (Å²) >= 11 is 6.02. The Hall–Kier alpha value is -1.88. The van der Waals surface area contributed by atoms with E-state index < -0.39 is 6.17 Å². The second kappa shape index (κ2) is 4.31. The SMILES string of the molecule is FC1CCN(c2ncnc3c2oc2ccc(Cl)cc23)C1. The Balaban J connectivity index is 1.96. The first-order valence-electron chi connectivity index (χ1n) is 6.44. The molecule has 6 heteroatoms. The number of aromatic nitrogens is 2. The maximum Gasteiger partial charge on any atom is 0.196 e. The van der Waals surface area contributed by atoms with E-state index in [0.717, 1.165) is 10.9 Å². The molecule has 1 unspecified atom stereocenters. The van der Waals surface area contributed by atoms with Crippen molar-refractivity contribution < 1.29 is 8.81 Å². The van der Waals surface area contributed by atoms with Crippen LogP contribution in [0.25, 0.3) is 22.1 Å². The molecule has 1 aliphatic rings. The molecule has 0 aliphatic carbocycles. The van der Waals surface area contributed by atoms with E-state index in [2.05, 4.69) is 9.97 Å². The summed E-state index contributed by atoms with van der Waals surface area (Å²) in [4.78, 5) is 10.4. The summed E-state index contributed by atoms with van der Waals surface area (Å²) in [5.74, 6) is 0.655. The highest BCUT2D eigenvalue weighted by atomic mass is 35.5. The average Bonchev–Trinajstić information content (AvgIpc) is 3.02. The number of anilines is 1. The van der Waals surface area contributed by atoms with Crippen molar-refractivity contribution in [3.63, 3.8) is 0 Å². The number of rotatable bonds is 1. The maximum absolute atomic E-state index is 13.4. The predicted molar refractivity (Wildman–Crippen MR) is 76.0 cm³/mol. The molecule has 3 heterocycles. The van der Waals surface area contributed by atoms with Crippen LogP contribution in [0.1, 0.15) is 6.42 Å².